The van der Waals surface area contributed by atoms with Crippen molar-refractivity contribution in [1.29, 1.82) is 0 Å². The van der Waals surface area contributed by atoms with E-state index in [1.807, 2.05) is 42.5 Å². The van der Waals surface area contributed by atoms with Gasteiger partial charge >= 0.3 is 5.97 Å². The number of benzene rings is 3. The second kappa shape index (κ2) is 9.56. The summed E-state index contributed by atoms with van der Waals surface area (Å²) < 4.78 is 11.0. The van der Waals surface area contributed by atoms with Crippen molar-refractivity contribution in [2.45, 2.75) is 20.5 Å². The van der Waals surface area contributed by atoms with E-state index in [1.54, 1.807) is 13.0 Å². The average Bonchev–Trinajstić information content (AvgIpc) is 2.73. The molecule has 0 N–H and O–H groups in total. The molecule has 0 saturated heterocycles. The summed E-state index contributed by atoms with van der Waals surface area (Å²) in [6, 6.07) is 24.3. The maximum Gasteiger partial charge on any atom is 0.330 e. The quantitative estimate of drug-likeness (QED) is 0.387. The zero-order chi connectivity index (χ0) is 19.8. The van der Waals surface area contributed by atoms with Gasteiger partial charge in [-0.25, -0.2) is 4.79 Å². The van der Waals surface area contributed by atoms with Crippen molar-refractivity contribution in [2.75, 3.05) is 6.61 Å². The van der Waals surface area contributed by atoms with E-state index in [9.17, 15) is 4.79 Å². The molecule has 0 aliphatic heterocycles. The van der Waals surface area contributed by atoms with Crippen molar-refractivity contribution in [1.82, 2.24) is 0 Å². The molecule has 0 bridgehead atoms. The van der Waals surface area contributed by atoms with E-state index in [0.29, 0.717) is 13.2 Å². The van der Waals surface area contributed by atoms with Crippen LogP contribution >= 0.6 is 0 Å². The second-order valence-corrected chi connectivity index (χ2v) is 6.41. The lowest BCUT2D eigenvalue weighted by Crippen LogP contribution is -1.98. The van der Waals surface area contributed by atoms with E-state index in [0.717, 1.165) is 33.6 Å². The van der Waals surface area contributed by atoms with E-state index < -0.39 is 0 Å². The third-order valence-corrected chi connectivity index (χ3v) is 4.42. The van der Waals surface area contributed by atoms with E-state index in [-0.39, 0.29) is 5.97 Å². The Balaban J connectivity index is 1.80. The third kappa shape index (κ3) is 5.10. The molecule has 3 rings (SSSR count). The zero-order valence-corrected chi connectivity index (χ0v) is 16.2. The Morgan fingerprint density at radius 2 is 1.75 bits per heavy atom. The van der Waals surface area contributed by atoms with Gasteiger partial charge in [-0.15, -0.1) is 0 Å². The molecule has 0 atom stereocenters. The van der Waals surface area contributed by atoms with Crippen LogP contribution in [0.15, 0.2) is 78.9 Å². The summed E-state index contributed by atoms with van der Waals surface area (Å²) in [7, 11) is 0. The minimum Gasteiger partial charge on any atom is -0.489 e. The van der Waals surface area contributed by atoms with E-state index in [1.165, 1.54) is 6.08 Å². The first-order valence-electron chi connectivity index (χ1n) is 9.39. The largest absolute Gasteiger partial charge is 0.489 e. The molecule has 0 aliphatic carbocycles. The number of esters is 1. The molecule has 28 heavy (non-hydrogen) atoms. The van der Waals surface area contributed by atoms with Crippen LogP contribution in [0.3, 0.4) is 0 Å². The number of carbonyl (C=O) groups excluding carboxylic acids is 1. The first-order chi connectivity index (χ1) is 13.7. The number of hydrogen-bond acceptors (Lipinski definition) is 3. The molecule has 0 aliphatic rings. The lowest BCUT2D eigenvalue weighted by molar-refractivity contribution is -0.137. The van der Waals surface area contributed by atoms with E-state index >= 15 is 0 Å². The Kier molecular flexibility index (Phi) is 6.64. The fourth-order valence-electron chi connectivity index (χ4n) is 2.98. The fraction of sp³-hybridized carbons (Fsp3) is 0.160. The summed E-state index contributed by atoms with van der Waals surface area (Å²) in [6.07, 6.45) is 3.22. The van der Waals surface area contributed by atoms with Crippen molar-refractivity contribution in [3.63, 3.8) is 0 Å². The molecular formula is C25H24O3. The molecular weight excluding hydrogens is 348 g/mol. The van der Waals surface area contributed by atoms with Crippen molar-refractivity contribution in [3.8, 4) is 16.9 Å². The predicted molar refractivity (Wildman–Crippen MR) is 113 cm³/mol. The maximum absolute atomic E-state index is 11.5. The van der Waals surface area contributed by atoms with Crippen molar-refractivity contribution < 1.29 is 14.3 Å². The maximum atomic E-state index is 11.5. The lowest BCUT2D eigenvalue weighted by atomic mass is 9.98. The van der Waals surface area contributed by atoms with Gasteiger partial charge in [0, 0.05) is 6.08 Å². The molecule has 3 heteroatoms. The van der Waals surface area contributed by atoms with Gasteiger partial charge in [0.25, 0.3) is 0 Å². The van der Waals surface area contributed by atoms with Gasteiger partial charge in [-0.3, -0.25) is 0 Å². The molecule has 3 aromatic carbocycles. The van der Waals surface area contributed by atoms with E-state index in [2.05, 4.69) is 37.3 Å². The summed E-state index contributed by atoms with van der Waals surface area (Å²) in [5.41, 5.74) is 5.36. The Morgan fingerprint density at radius 3 is 2.54 bits per heavy atom. The van der Waals surface area contributed by atoms with E-state index in [4.69, 9.17) is 9.47 Å². The Hall–Kier alpha value is -3.33. The smallest absolute Gasteiger partial charge is 0.330 e. The predicted octanol–water partition coefficient (Wildman–Crippen LogP) is 5.82. The highest BCUT2D eigenvalue weighted by Crippen LogP contribution is 2.31. The van der Waals surface area contributed by atoms with Crippen LogP contribution in [0.5, 0.6) is 5.75 Å². The van der Waals surface area contributed by atoms with Gasteiger partial charge in [0.2, 0.25) is 0 Å². The summed E-state index contributed by atoms with van der Waals surface area (Å²) >= 11 is 0. The van der Waals surface area contributed by atoms with Crippen LogP contribution in [0.4, 0.5) is 0 Å². The molecule has 0 aromatic heterocycles. The summed E-state index contributed by atoms with van der Waals surface area (Å²) in [4.78, 5) is 11.5. The highest BCUT2D eigenvalue weighted by Gasteiger charge is 2.08. The molecule has 0 amide bonds. The Labute approximate surface area is 166 Å². The van der Waals surface area contributed by atoms with Crippen LogP contribution in [-0.4, -0.2) is 12.6 Å². The van der Waals surface area contributed by atoms with Gasteiger partial charge in [-0.1, -0.05) is 60.7 Å². The average molecular weight is 372 g/mol. The van der Waals surface area contributed by atoms with Gasteiger partial charge in [-0.05, 0) is 59.9 Å². The summed E-state index contributed by atoms with van der Waals surface area (Å²) in [6.45, 7) is 4.77. The van der Waals surface area contributed by atoms with Gasteiger partial charge < -0.3 is 9.47 Å². The molecule has 0 heterocycles. The first kappa shape index (κ1) is 19.4. The van der Waals surface area contributed by atoms with Crippen LogP contribution < -0.4 is 4.74 Å². The van der Waals surface area contributed by atoms with Crippen LogP contribution in [-0.2, 0) is 16.1 Å². The third-order valence-electron chi connectivity index (χ3n) is 4.42. The molecule has 0 radical (unpaired) electrons. The highest BCUT2D eigenvalue weighted by molar-refractivity contribution is 5.87. The lowest BCUT2D eigenvalue weighted by Gasteiger charge is -2.13. The standard InChI is InChI=1S/C25H24O3/c1-3-27-25(26)16-15-20-11-7-12-22(17-20)23-13-8-14-24(19(23)2)28-18-21-9-5-4-6-10-21/h4-17H,3,18H2,1-2H3/b16-15+. The Bertz CT molecular complexity index is 959. The van der Waals surface area contributed by atoms with Gasteiger partial charge in [0.05, 0.1) is 6.61 Å². The first-order valence-corrected chi connectivity index (χ1v) is 9.39. The fourth-order valence-corrected chi connectivity index (χ4v) is 2.98. The number of ether oxygens (including phenoxy) is 2. The minimum atomic E-state index is -0.333. The Morgan fingerprint density at radius 1 is 0.964 bits per heavy atom. The molecule has 0 saturated carbocycles. The zero-order valence-electron chi connectivity index (χ0n) is 16.2. The van der Waals surface area contributed by atoms with Gasteiger partial charge in [0.1, 0.15) is 12.4 Å². The van der Waals surface area contributed by atoms with Gasteiger partial charge in [0.15, 0.2) is 0 Å². The minimum absolute atomic E-state index is 0.333. The second-order valence-electron chi connectivity index (χ2n) is 6.41. The summed E-state index contributed by atoms with van der Waals surface area (Å²) in [5.74, 6) is 0.536. The van der Waals surface area contributed by atoms with Crippen molar-refractivity contribution >= 4 is 12.0 Å². The van der Waals surface area contributed by atoms with Crippen LogP contribution in [0, 0.1) is 6.92 Å². The molecule has 3 nitrogen and oxygen atoms in total. The van der Waals surface area contributed by atoms with Gasteiger partial charge in [-0.2, -0.15) is 0 Å². The monoisotopic (exact) mass is 372 g/mol. The molecule has 0 fully saturated rings. The van der Waals surface area contributed by atoms with Crippen LogP contribution in [0.1, 0.15) is 23.6 Å². The molecule has 0 unspecified atom stereocenters. The van der Waals surface area contributed by atoms with Crippen LogP contribution in [0.2, 0.25) is 0 Å². The topological polar surface area (TPSA) is 35.5 Å². The highest BCUT2D eigenvalue weighted by atomic mass is 16.5. The SMILES string of the molecule is CCOC(=O)/C=C/c1cccc(-c2cccc(OCc3ccccc3)c2C)c1. The van der Waals surface area contributed by atoms with Crippen LogP contribution in [0.25, 0.3) is 17.2 Å². The van der Waals surface area contributed by atoms with Crippen molar-refractivity contribution in [3.05, 3.63) is 95.6 Å². The summed E-state index contributed by atoms with van der Waals surface area (Å²) in [5, 5.41) is 0. The molecule has 3 aromatic rings. The normalized spacial score (nSPS) is 10.8. The van der Waals surface area contributed by atoms with Crippen molar-refractivity contribution in [2.24, 2.45) is 0 Å². The number of carbonyl (C=O) groups is 1. The molecule has 0 spiro atoms. The molecule has 142 valence electrons. The number of rotatable bonds is 7. The number of hydrogen-bond donors (Lipinski definition) is 0.